The quantitative estimate of drug-likeness (QED) is 0.265. The van der Waals surface area contributed by atoms with Gasteiger partial charge in [-0.15, -0.1) is 0 Å². The molecule has 1 fully saturated rings. The zero-order chi connectivity index (χ0) is 24.6. The predicted octanol–water partition coefficient (Wildman–Crippen LogP) is -0.600. The molecule has 1 aliphatic rings. The van der Waals surface area contributed by atoms with Gasteiger partial charge in [-0.1, -0.05) is 13.8 Å². The number of hydrogen-bond donors (Lipinski definition) is 5. The number of nitrogens with zero attached hydrogens (tertiary/aromatic N) is 4. The van der Waals surface area contributed by atoms with Crippen LogP contribution >= 0.6 is 7.82 Å². The number of Topliss-reactive ketones (excluding diaryl/α,β-unsaturated/α-hetero) is 2. The number of aliphatic hydroxyl groups is 2. The number of fused-ring (bicyclic) bond motifs is 1. The van der Waals surface area contributed by atoms with Crippen LogP contribution in [-0.2, 0) is 29.1 Å². The number of nitrogens with two attached hydrogens (primary N) is 1. The summed E-state index contributed by atoms with van der Waals surface area (Å²) in [6.07, 6.45) is -1.43. The lowest BCUT2D eigenvalue weighted by Gasteiger charge is -2.40. The summed E-state index contributed by atoms with van der Waals surface area (Å²) in [6, 6.07) is 0. The van der Waals surface area contributed by atoms with Crippen molar-refractivity contribution in [2.75, 3.05) is 12.3 Å². The van der Waals surface area contributed by atoms with Gasteiger partial charge in [0, 0.05) is 12.8 Å². The number of ether oxygens (including phenoxy) is 1. The molecule has 1 saturated heterocycles. The number of imidazole rings is 1. The molecule has 1 aliphatic heterocycles. The summed E-state index contributed by atoms with van der Waals surface area (Å²) in [7, 11) is -5.01. The molecular weight excluding hydrogens is 461 g/mol. The Bertz CT molecular complexity index is 1100. The molecule has 0 amide bonds. The van der Waals surface area contributed by atoms with Crippen LogP contribution in [-0.4, -0.2) is 75.5 Å². The average Bonchev–Trinajstić information content (AvgIpc) is 3.27. The van der Waals surface area contributed by atoms with Crippen LogP contribution in [0.25, 0.3) is 11.2 Å². The minimum Gasteiger partial charge on any atom is -0.387 e. The number of rotatable bonds is 10. The van der Waals surface area contributed by atoms with Crippen molar-refractivity contribution < 1.29 is 43.4 Å². The van der Waals surface area contributed by atoms with Crippen LogP contribution in [0.15, 0.2) is 12.7 Å². The summed E-state index contributed by atoms with van der Waals surface area (Å²) in [6.45, 7) is 2.43. The van der Waals surface area contributed by atoms with Crippen LogP contribution in [0, 0.1) is 0 Å². The number of aromatic nitrogens is 4. The maximum absolute atomic E-state index is 13.5. The maximum Gasteiger partial charge on any atom is 0.469 e. The van der Waals surface area contributed by atoms with Crippen LogP contribution in [0.3, 0.4) is 0 Å². The van der Waals surface area contributed by atoms with Gasteiger partial charge in [0.15, 0.2) is 23.0 Å². The molecule has 3 heterocycles. The van der Waals surface area contributed by atoms with E-state index < -0.39 is 49.5 Å². The van der Waals surface area contributed by atoms with Crippen LogP contribution in [0.1, 0.15) is 39.5 Å². The number of carbonyl (C=O) groups is 2. The van der Waals surface area contributed by atoms with E-state index in [2.05, 4.69) is 19.5 Å². The number of ketones is 2. The average molecular weight is 487 g/mol. The van der Waals surface area contributed by atoms with Crippen molar-refractivity contribution in [3.05, 3.63) is 12.7 Å². The molecule has 182 valence electrons. The smallest absolute Gasteiger partial charge is 0.387 e. The van der Waals surface area contributed by atoms with Gasteiger partial charge in [0.1, 0.15) is 30.4 Å². The highest BCUT2D eigenvalue weighted by molar-refractivity contribution is 7.46. The first-order valence-corrected chi connectivity index (χ1v) is 11.8. The van der Waals surface area contributed by atoms with Gasteiger partial charge in [0.05, 0.1) is 6.61 Å². The molecule has 2 aromatic heterocycles. The van der Waals surface area contributed by atoms with E-state index in [9.17, 15) is 24.4 Å². The number of anilines is 1. The summed E-state index contributed by atoms with van der Waals surface area (Å²) >= 11 is 0. The first kappa shape index (κ1) is 25.3. The summed E-state index contributed by atoms with van der Waals surface area (Å²) < 4.78 is 22.5. The Hall–Kier alpha value is -2.32. The van der Waals surface area contributed by atoms with E-state index >= 15 is 0 Å². The van der Waals surface area contributed by atoms with E-state index in [1.165, 1.54) is 0 Å². The molecule has 6 N–H and O–H groups in total. The summed E-state index contributed by atoms with van der Waals surface area (Å²) in [4.78, 5) is 56.9. The standard InChI is InChI=1S/C18H26N5O9P/c1-3-5-11(24)17(27)14(26)10(7-31-33(28,29)30)32-18(17,12(25)6-4-2)23-9-22-13-15(19)20-8-21-16(13)23/h8-10,14,26-27H,3-7H2,1-2H3,(H2,19,20,21)(H2,28,29,30)/t10-,14-,17-,18-/m1/s1. The van der Waals surface area contributed by atoms with Crippen LogP contribution in [0.2, 0.25) is 0 Å². The van der Waals surface area contributed by atoms with Gasteiger partial charge < -0.3 is 30.5 Å². The molecular formula is C18H26N5O9P. The fourth-order valence-electron chi connectivity index (χ4n) is 4.04. The monoisotopic (exact) mass is 487 g/mol. The van der Waals surface area contributed by atoms with Crippen LogP contribution in [0.5, 0.6) is 0 Å². The number of phosphoric acid groups is 1. The molecule has 4 atom stereocenters. The largest absolute Gasteiger partial charge is 0.469 e. The lowest BCUT2D eigenvalue weighted by atomic mass is 9.77. The number of phosphoric ester groups is 1. The molecule has 0 bridgehead atoms. The van der Waals surface area contributed by atoms with Crippen molar-refractivity contribution >= 4 is 36.4 Å². The van der Waals surface area contributed by atoms with E-state index in [0.717, 1.165) is 17.2 Å². The van der Waals surface area contributed by atoms with E-state index in [-0.39, 0.29) is 36.2 Å². The van der Waals surface area contributed by atoms with Crippen LogP contribution in [0.4, 0.5) is 5.82 Å². The Labute approximate surface area is 188 Å². The molecule has 0 unspecified atom stereocenters. The van der Waals surface area contributed by atoms with Gasteiger partial charge >= 0.3 is 7.82 Å². The summed E-state index contributed by atoms with van der Waals surface area (Å²) in [5.74, 6) is -1.74. The Morgan fingerprint density at radius 3 is 2.45 bits per heavy atom. The lowest BCUT2D eigenvalue weighted by molar-refractivity contribution is -0.201. The number of carbonyl (C=O) groups excluding carboxylic acids is 2. The normalized spacial score (nSPS) is 27.8. The zero-order valence-corrected chi connectivity index (χ0v) is 18.9. The van der Waals surface area contributed by atoms with Crippen LogP contribution < -0.4 is 5.73 Å². The summed E-state index contributed by atoms with van der Waals surface area (Å²) in [5, 5.41) is 22.8. The topological polar surface area (TPSA) is 220 Å². The molecule has 14 nitrogen and oxygen atoms in total. The third-order valence-corrected chi connectivity index (χ3v) is 5.97. The highest BCUT2D eigenvalue weighted by Crippen LogP contribution is 2.49. The van der Waals surface area contributed by atoms with Gasteiger partial charge in [-0.05, 0) is 12.8 Å². The number of hydrogen-bond acceptors (Lipinski definition) is 11. The molecule has 3 rings (SSSR count). The minimum atomic E-state index is -5.01. The molecule has 0 spiro atoms. The second-order valence-electron chi connectivity index (χ2n) is 7.69. The third-order valence-electron chi connectivity index (χ3n) is 5.48. The second kappa shape index (κ2) is 9.14. The Balaban J connectivity index is 2.29. The number of nitrogen functional groups attached to an aromatic ring is 1. The highest BCUT2D eigenvalue weighted by atomic mass is 31.2. The van der Waals surface area contributed by atoms with E-state index in [1.54, 1.807) is 13.8 Å². The Morgan fingerprint density at radius 1 is 1.21 bits per heavy atom. The van der Waals surface area contributed by atoms with E-state index in [0.29, 0.717) is 6.42 Å². The van der Waals surface area contributed by atoms with Gasteiger partial charge in [-0.25, -0.2) is 19.5 Å². The minimum absolute atomic E-state index is 0.0415. The van der Waals surface area contributed by atoms with Crippen molar-refractivity contribution in [2.45, 2.75) is 63.1 Å². The third kappa shape index (κ3) is 4.08. The SMILES string of the molecule is CCCC(=O)[C@@]1(O)[C@H](O)[C@@H](COP(=O)(O)O)O[C@@]1(C(=O)CCC)n1cnc2c(N)ncnc21. The predicted molar refractivity (Wildman–Crippen MR) is 111 cm³/mol. The fraction of sp³-hybridized carbons (Fsp3) is 0.611. The summed E-state index contributed by atoms with van der Waals surface area (Å²) in [5.41, 5.74) is 0.413. The molecule has 0 saturated carbocycles. The van der Waals surface area contributed by atoms with E-state index in [4.69, 9.17) is 20.3 Å². The van der Waals surface area contributed by atoms with Gasteiger partial charge in [0.2, 0.25) is 11.3 Å². The number of aliphatic hydroxyl groups excluding tert-OH is 1. The molecule has 0 aliphatic carbocycles. The first-order chi connectivity index (χ1) is 15.4. The fourth-order valence-corrected chi connectivity index (χ4v) is 4.38. The van der Waals surface area contributed by atoms with Crippen molar-refractivity contribution in [3.8, 4) is 0 Å². The Morgan fingerprint density at radius 2 is 1.85 bits per heavy atom. The highest BCUT2D eigenvalue weighted by Gasteiger charge is 2.73. The van der Waals surface area contributed by atoms with Crippen molar-refractivity contribution in [2.24, 2.45) is 0 Å². The lowest BCUT2D eigenvalue weighted by Crippen LogP contribution is -2.66. The van der Waals surface area contributed by atoms with Crippen molar-refractivity contribution in [1.29, 1.82) is 0 Å². The molecule has 0 radical (unpaired) electrons. The van der Waals surface area contributed by atoms with Gasteiger partial charge in [-0.2, -0.15) is 0 Å². The van der Waals surface area contributed by atoms with Crippen molar-refractivity contribution in [3.63, 3.8) is 0 Å². The Kier molecular flexibility index (Phi) is 7.01. The van der Waals surface area contributed by atoms with Gasteiger partial charge in [0.25, 0.3) is 0 Å². The first-order valence-electron chi connectivity index (χ1n) is 10.2. The maximum atomic E-state index is 13.5. The van der Waals surface area contributed by atoms with Gasteiger partial charge in [-0.3, -0.25) is 18.7 Å². The molecule has 33 heavy (non-hydrogen) atoms. The second-order valence-corrected chi connectivity index (χ2v) is 8.93. The molecule has 2 aromatic rings. The van der Waals surface area contributed by atoms with E-state index in [1.807, 2.05) is 0 Å². The molecule has 15 heteroatoms. The molecule has 0 aromatic carbocycles. The zero-order valence-electron chi connectivity index (χ0n) is 18.0. The van der Waals surface area contributed by atoms with Crippen molar-refractivity contribution in [1.82, 2.24) is 19.5 Å².